The monoisotopic (exact) mass is 217 g/mol. The number of anilines is 1. The van der Waals surface area contributed by atoms with E-state index >= 15 is 0 Å². The van der Waals surface area contributed by atoms with Crippen molar-refractivity contribution in [3.8, 4) is 0 Å². The maximum atomic E-state index is 5.47. The second-order valence-electron chi connectivity index (χ2n) is 3.15. The predicted octanol–water partition coefficient (Wildman–Crippen LogP) is 2.52. The Kier molecular flexibility index (Phi) is 2.87. The van der Waals surface area contributed by atoms with Crippen molar-refractivity contribution in [1.29, 1.82) is 0 Å². The number of hydrogen-bond acceptors (Lipinski definition) is 4. The van der Waals surface area contributed by atoms with Crippen LogP contribution in [0.25, 0.3) is 0 Å². The molecular weight excluding hydrogens is 206 g/mol. The fourth-order valence-electron chi connectivity index (χ4n) is 1.16. The SMILES string of the molecule is Cc1ccccc1Sc1cnc(N)cn1. The van der Waals surface area contributed by atoms with Gasteiger partial charge in [-0.3, -0.25) is 0 Å². The molecule has 0 radical (unpaired) electrons. The normalized spacial score (nSPS) is 10.2. The molecule has 0 saturated heterocycles. The molecule has 76 valence electrons. The minimum absolute atomic E-state index is 0.448. The largest absolute Gasteiger partial charge is 0.382 e. The molecule has 0 aliphatic rings. The quantitative estimate of drug-likeness (QED) is 0.839. The molecule has 3 nitrogen and oxygen atoms in total. The summed E-state index contributed by atoms with van der Waals surface area (Å²) in [6.45, 7) is 2.08. The van der Waals surface area contributed by atoms with E-state index in [4.69, 9.17) is 5.73 Å². The van der Waals surface area contributed by atoms with Crippen molar-refractivity contribution < 1.29 is 0 Å². The molecule has 0 bridgehead atoms. The Morgan fingerprint density at radius 3 is 2.60 bits per heavy atom. The molecule has 1 heterocycles. The molecule has 4 heteroatoms. The number of rotatable bonds is 2. The number of hydrogen-bond donors (Lipinski definition) is 1. The Balaban J connectivity index is 2.22. The van der Waals surface area contributed by atoms with Gasteiger partial charge in [0.2, 0.25) is 0 Å². The fraction of sp³-hybridized carbons (Fsp3) is 0.0909. The van der Waals surface area contributed by atoms with Gasteiger partial charge in [0, 0.05) is 4.90 Å². The van der Waals surface area contributed by atoms with Gasteiger partial charge >= 0.3 is 0 Å². The number of benzene rings is 1. The van der Waals surface area contributed by atoms with Crippen LogP contribution in [0.3, 0.4) is 0 Å². The van der Waals surface area contributed by atoms with Crippen molar-refractivity contribution in [2.75, 3.05) is 5.73 Å². The summed E-state index contributed by atoms with van der Waals surface area (Å²) < 4.78 is 0. The molecule has 0 aliphatic carbocycles. The first kappa shape index (κ1) is 9.98. The van der Waals surface area contributed by atoms with Crippen LogP contribution in [-0.2, 0) is 0 Å². The summed E-state index contributed by atoms with van der Waals surface area (Å²) in [5, 5.41) is 0.860. The van der Waals surface area contributed by atoms with Crippen LogP contribution in [-0.4, -0.2) is 9.97 Å². The number of aromatic nitrogens is 2. The maximum Gasteiger partial charge on any atom is 0.141 e. The van der Waals surface area contributed by atoms with Crippen LogP contribution in [0, 0.1) is 6.92 Å². The Morgan fingerprint density at radius 2 is 1.93 bits per heavy atom. The molecule has 1 aromatic heterocycles. The summed E-state index contributed by atoms with van der Waals surface area (Å²) in [6, 6.07) is 8.18. The smallest absolute Gasteiger partial charge is 0.141 e. The highest BCUT2D eigenvalue weighted by atomic mass is 32.2. The van der Waals surface area contributed by atoms with E-state index in [-0.39, 0.29) is 0 Å². The van der Waals surface area contributed by atoms with Gasteiger partial charge in [0.15, 0.2) is 0 Å². The zero-order chi connectivity index (χ0) is 10.7. The zero-order valence-electron chi connectivity index (χ0n) is 8.34. The van der Waals surface area contributed by atoms with Crippen molar-refractivity contribution >= 4 is 17.6 Å². The molecule has 0 fully saturated rings. The van der Waals surface area contributed by atoms with Gasteiger partial charge in [-0.1, -0.05) is 30.0 Å². The first-order valence-electron chi connectivity index (χ1n) is 4.57. The van der Waals surface area contributed by atoms with E-state index in [2.05, 4.69) is 29.0 Å². The molecule has 15 heavy (non-hydrogen) atoms. The molecule has 0 spiro atoms. The lowest BCUT2D eigenvalue weighted by atomic mass is 10.2. The van der Waals surface area contributed by atoms with Crippen LogP contribution >= 0.6 is 11.8 Å². The lowest BCUT2D eigenvalue weighted by molar-refractivity contribution is 1.06. The predicted molar refractivity (Wildman–Crippen MR) is 61.7 cm³/mol. The van der Waals surface area contributed by atoms with Crippen LogP contribution in [0.1, 0.15) is 5.56 Å². The van der Waals surface area contributed by atoms with Crippen LogP contribution in [0.4, 0.5) is 5.82 Å². The van der Waals surface area contributed by atoms with E-state index in [0.717, 1.165) is 5.03 Å². The zero-order valence-corrected chi connectivity index (χ0v) is 9.16. The van der Waals surface area contributed by atoms with Crippen molar-refractivity contribution in [3.05, 3.63) is 42.2 Å². The van der Waals surface area contributed by atoms with E-state index < -0.39 is 0 Å². The molecule has 0 atom stereocenters. The third-order valence-corrected chi connectivity index (χ3v) is 3.05. The topological polar surface area (TPSA) is 51.8 Å². The van der Waals surface area contributed by atoms with Gasteiger partial charge in [-0.2, -0.15) is 0 Å². The molecule has 0 amide bonds. The highest BCUT2D eigenvalue weighted by molar-refractivity contribution is 7.99. The van der Waals surface area contributed by atoms with Crippen LogP contribution in [0.15, 0.2) is 46.6 Å². The summed E-state index contributed by atoms with van der Waals surface area (Å²) in [7, 11) is 0. The molecule has 0 saturated carbocycles. The first-order valence-corrected chi connectivity index (χ1v) is 5.38. The van der Waals surface area contributed by atoms with Gasteiger partial charge in [0.1, 0.15) is 10.8 Å². The highest BCUT2D eigenvalue weighted by Crippen LogP contribution is 2.27. The van der Waals surface area contributed by atoms with Gasteiger partial charge in [-0.15, -0.1) is 0 Å². The number of nitrogen functional groups attached to an aromatic ring is 1. The number of nitrogens with two attached hydrogens (primary N) is 1. The summed E-state index contributed by atoms with van der Waals surface area (Å²) in [5.74, 6) is 0.448. The third-order valence-electron chi connectivity index (χ3n) is 1.96. The van der Waals surface area contributed by atoms with Gasteiger partial charge in [0.25, 0.3) is 0 Å². The lowest BCUT2D eigenvalue weighted by Crippen LogP contribution is -1.91. The summed E-state index contributed by atoms with van der Waals surface area (Å²) in [5.41, 5.74) is 6.70. The minimum Gasteiger partial charge on any atom is -0.382 e. The summed E-state index contributed by atoms with van der Waals surface area (Å²) in [4.78, 5) is 9.38. The highest BCUT2D eigenvalue weighted by Gasteiger charge is 2.01. The van der Waals surface area contributed by atoms with E-state index in [1.165, 1.54) is 10.5 Å². The standard InChI is InChI=1S/C11H11N3S/c1-8-4-2-3-5-9(8)15-11-7-13-10(12)6-14-11/h2-7H,1H3,(H2,12,13). The van der Waals surface area contributed by atoms with Crippen molar-refractivity contribution in [2.24, 2.45) is 0 Å². The van der Waals surface area contributed by atoms with Crippen molar-refractivity contribution in [1.82, 2.24) is 9.97 Å². The van der Waals surface area contributed by atoms with Gasteiger partial charge in [-0.05, 0) is 18.6 Å². The van der Waals surface area contributed by atoms with Gasteiger partial charge < -0.3 is 5.73 Å². The van der Waals surface area contributed by atoms with E-state index in [1.807, 2.05) is 12.1 Å². The summed E-state index contributed by atoms with van der Waals surface area (Å²) in [6.07, 6.45) is 3.26. The maximum absolute atomic E-state index is 5.47. The Labute approximate surface area is 92.8 Å². The molecule has 1 aromatic carbocycles. The minimum atomic E-state index is 0.448. The molecule has 0 unspecified atom stereocenters. The second kappa shape index (κ2) is 4.31. The van der Waals surface area contributed by atoms with Crippen LogP contribution in [0.5, 0.6) is 0 Å². The number of nitrogens with zero attached hydrogens (tertiary/aromatic N) is 2. The van der Waals surface area contributed by atoms with Gasteiger partial charge in [0.05, 0.1) is 12.4 Å². The van der Waals surface area contributed by atoms with Crippen molar-refractivity contribution in [2.45, 2.75) is 16.8 Å². The van der Waals surface area contributed by atoms with E-state index in [1.54, 1.807) is 24.2 Å². The Morgan fingerprint density at radius 1 is 1.13 bits per heavy atom. The van der Waals surface area contributed by atoms with Gasteiger partial charge in [-0.25, -0.2) is 9.97 Å². The van der Waals surface area contributed by atoms with E-state index in [0.29, 0.717) is 5.82 Å². The van der Waals surface area contributed by atoms with Crippen LogP contribution in [0.2, 0.25) is 0 Å². The van der Waals surface area contributed by atoms with E-state index in [9.17, 15) is 0 Å². The molecule has 2 rings (SSSR count). The number of aryl methyl sites for hydroxylation is 1. The average Bonchev–Trinajstić information content (AvgIpc) is 2.25. The average molecular weight is 217 g/mol. The second-order valence-corrected chi connectivity index (χ2v) is 4.21. The first-order chi connectivity index (χ1) is 7.25. The fourth-order valence-corrected chi connectivity index (χ4v) is 1.97. The Bertz CT molecular complexity index is 454. The molecule has 0 aliphatic heterocycles. The van der Waals surface area contributed by atoms with Crippen LogP contribution < -0.4 is 5.73 Å². The molecule has 2 N–H and O–H groups in total. The third kappa shape index (κ3) is 2.47. The molecule has 2 aromatic rings. The van der Waals surface area contributed by atoms with Crippen molar-refractivity contribution in [3.63, 3.8) is 0 Å². The summed E-state index contributed by atoms with van der Waals surface area (Å²) >= 11 is 1.59. The lowest BCUT2D eigenvalue weighted by Gasteiger charge is -2.03. The Hall–Kier alpha value is -1.55. The molecular formula is C11H11N3S.